The molecule has 0 spiro atoms. The molecule has 0 fully saturated rings. The first-order chi connectivity index (χ1) is 23.5. The predicted molar refractivity (Wildman–Crippen MR) is 211 cm³/mol. The summed E-state index contributed by atoms with van der Waals surface area (Å²) in [5.41, 5.74) is 18.8. The average Bonchev–Trinajstić information content (AvgIpc) is 3.46. The van der Waals surface area contributed by atoms with Gasteiger partial charge in [-0.15, -0.1) is 0 Å². The molecule has 6 aromatic carbocycles. The summed E-state index contributed by atoms with van der Waals surface area (Å²) in [5, 5.41) is 1.17. The molecule has 1 aromatic heterocycles. The zero-order chi connectivity index (χ0) is 34.3. The number of hydrogen-bond acceptors (Lipinski definition) is 2. The van der Waals surface area contributed by atoms with Crippen LogP contribution in [0.5, 0.6) is 0 Å². The number of anilines is 4. The van der Waals surface area contributed by atoms with Crippen LogP contribution in [0.1, 0.15) is 52.7 Å². The summed E-state index contributed by atoms with van der Waals surface area (Å²) in [6.07, 6.45) is 0. The van der Waals surface area contributed by atoms with Crippen molar-refractivity contribution in [2.45, 2.75) is 52.4 Å². The molecule has 2 N–H and O–H groups in total. The number of fused-ring (bicyclic) bond motifs is 1. The van der Waals surface area contributed by atoms with E-state index in [1.807, 2.05) is 12.1 Å². The van der Waals surface area contributed by atoms with Gasteiger partial charge >= 0.3 is 0 Å². The number of aromatic nitrogens is 1. The number of para-hydroxylation sites is 1. The average molecular weight is 640 g/mol. The number of nitrogens with two attached hydrogens (primary N) is 1. The van der Waals surface area contributed by atoms with Gasteiger partial charge in [-0.25, -0.2) is 0 Å². The van der Waals surface area contributed by atoms with Crippen molar-refractivity contribution < 1.29 is 0 Å². The lowest BCUT2D eigenvalue weighted by Crippen LogP contribution is -2.17. The van der Waals surface area contributed by atoms with E-state index in [9.17, 15) is 0 Å². The Morgan fingerprint density at radius 1 is 0.510 bits per heavy atom. The largest absolute Gasteiger partial charge is 0.399 e. The summed E-state index contributed by atoms with van der Waals surface area (Å²) in [4.78, 5) is 2.39. The Hall–Kier alpha value is -5.54. The van der Waals surface area contributed by atoms with Gasteiger partial charge in [-0.05, 0) is 81.6 Å². The summed E-state index contributed by atoms with van der Waals surface area (Å²) in [5.74, 6) is 1.04. The Morgan fingerprint density at radius 3 is 1.76 bits per heavy atom. The smallest absolute Gasteiger partial charge is 0.123 e. The van der Waals surface area contributed by atoms with Crippen LogP contribution in [0.15, 0.2) is 152 Å². The maximum atomic E-state index is 6.54. The van der Waals surface area contributed by atoms with Crippen molar-refractivity contribution in [2.24, 2.45) is 0 Å². The summed E-state index contributed by atoms with van der Waals surface area (Å²) in [6, 6.07) is 54.6. The Labute approximate surface area is 291 Å². The van der Waals surface area contributed by atoms with Crippen LogP contribution in [0.25, 0.3) is 38.8 Å². The van der Waals surface area contributed by atoms with Crippen LogP contribution in [0.2, 0.25) is 0 Å². The fraction of sp³-hybridized carbons (Fsp3) is 0.174. The number of benzene rings is 6. The first kappa shape index (κ1) is 32.0. The molecule has 3 nitrogen and oxygen atoms in total. The van der Waals surface area contributed by atoms with E-state index < -0.39 is 0 Å². The molecule has 244 valence electrons. The van der Waals surface area contributed by atoms with Crippen LogP contribution in [0, 0.1) is 0 Å². The molecule has 0 amide bonds. The van der Waals surface area contributed by atoms with E-state index in [0.29, 0.717) is 0 Å². The van der Waals surface area contributed by atoms with E-state index in [1.54, 1.807) is 0 Å². The molecule has 0 saturated heterocycles. The van der Waals surface area contributed by atoms with E-state index >= 15 is 0 Å². The van der Waals surface area contributed by atoms with Crippen molar-refractivity contribution in [2.75, 3.05) is 10.6 Å². The number of hydrogen-bond donors (Lipinski definition) is 1. The molecule has 7 rings (SSSR count). The quantitative estimate of drug-likeness (QED) is 0.184. The second kappa shape index (κ2) is 12.5. The first-order valence-corrected chi connectivity index (χ1v) is 17.2. The second-order valence-corrected chi connectivity index (χ2v) is 15.0. The highest BCUT2D eigenvalue weighted by Crippen LogP contribution is 2.46. The molecule has 0 saturated carbocycles. The third-order valence-electron chi connectivity index (χ3n) is 9.43. The van der Waals surface area contributed by atoms with Crippen LogP contribution < -0.4 is 10.6 Å². The van der Waals surface area contributed by atoms with E-state index in [4.69, 9.17) is 5.73 Å². The van der Waals surface area contributed by atoms with Crippen molar-refractivity contribution in [1.82, 2.24) is 4.57 Å². The molecule has 0 radical (unpaired) electrons. The van der Waals surface area contributed by atoms with Crippen LogP contribution in [0.4, 0.5) is 22.9 Å². The molecule has 0 unspecified atom stereocenters. The van der Waals surface area contributed by atoms with Crippen molar-refractivity contribution >= 4 is 33.8 Å². The molecule has 0 aliphatic rings. The molecule has 0 bridgehead atoms. The molecule has 0 atom stereocenters. The Balaban J connectivity index is 1.61. The minimum Gasteiger partial charge on any atom is -0.399 e. The minimum atomic E-state index is -0.0169. The highest BCUT2D eigenvalue weighted by atomic mass is 15.3. The lowest BCUT2D eigenvalue weighted by molar-refractivity contribution is 0.590. The molecular formula is C46H45N3. The zero-order valence-electron chi connectivity index (χ0n) is 29.4. The van der Waals surface area contributed by atoms with E-state index in [-0.39, 0.29) is 10.8 Å². The fourth-order valence-corrected chi connectivity index (χ4v) is 6.71. The summed E-state index contributed by atoms with van der Waals surface area (Å²) in [7, 11) is 0. The van der Waals surface area contributed by atoms with Gasteiger partial charge in [0.05, 0.1) is 16.9 Å². The molecule has 0 aliphatic heterocycles. The van der Waals surface area contributed by atoms with Crippen molar-refractivity contribution in [3.05, 3.63) is 163 Å². The van der Waals surface area contributed by atoms with Crippen molar-refractivity contribution in [3.63, 3.8) is 0 Å². The number of nitrogens with zero attached hydrogens (tertiary/aromatic N) is 2. The topological polar surface area (TPSA) is 34.2 Å². The van der Waals surface area contributed by atoms with Crippen LogP contribution in [-0.2, 0) is 10.8 Å². The molecule has 1 heterocycles. The standard InChI is InChI=1S/C46H45N3/c1-45(2,3)35-26-27-42(40(29-35)33-18-11-8-12-19-33)48(38-21-15-20-37(47)31-38)44-28-34-24-25-36(46(4,5)6)30-43(34)49(44)41-23-14-13-22-39(41)32-16-9-7-10-17-32/h7-31H,47H2,1-6H3. The van der Waals surface area contributed by atoms with E-state index in [2.05, 4.69) is 191 Å². The first-order valence-electron chi connectivity index (χ1n) is 17.2. The molecule has 49 heavy (non-hydrogen) atoms. The zero-order valence-corrected chi connectivity index (χ0v) is 29.4. The Kier molecular flexibility index (Phi) is 8.16. The molecule has 0 aliphatic carbocycles. The number of rotatable bonds is 6. The Morgan fingerprint density at radius 2 is 1.10 bits per heavy atom. The maximum Gasteiger partial charge on any atom is 0.123 e. The molecule has 7 aromatic rings. The summed E-state index contributed by atoms with van der Waals surface area (Å²) < 4.78 is 2.45. The minimum absolute atomic E-state index is 0.0146. The molecule has 3 heteroatoms. The fourth-order valence-electron chi connectivity index (χ4n) is 6.71. The van der Waals surface area contributed by atoms with Crippen molar-refractivity contribution in [3.8, 4) is 27.9 Å². The second-order valence-electron chi connectivity index (χ2n) is 15.0. The van der Waals surface area contributed by atoms with Gasteiger partial charge in [0.1, 0.15) is 5.82 Å². The van der Waals surface area contributed by atoms with Gasteiger partial charge in [-0.2, -0.15) is 0 Å². The van der Waals surface area contributed by atoms with Gasteiger partial charge in [0.15, 0.2) is 0 Å². The highest BCUT2D eigenvalue weighted by Gasteiger charge is 2.26. The third-order valence-corrected chi connectivity index (χ3v) is 9.43. The lowest BCUT2D eigenvalue weighted by Gasteiger charge is -2.31. The van der Waals surface area contributed by atoms with Gasteiger partial charge in [0.2, 0.25) is 0 Å². The van der Waals surface area contributed by atoms with Crippen LogP contribution in [0.3, 0.4) is 0 Å². The maximum absolute atomic E-state index is 6.54. The highest BCUT2D eigenvalue weighted by molar-refractivity contribution is 5.96. The van der Waals surface area contributed by atoms with Gasteiger partial charge in [-0.1, -0.05) is 145 Å². The molecular weight excluding hydrogens is 595 g/mol. The summed E-state index contributed by atoms with van der Waals surface area (Å²) in [6.45, 7) is 13.7. The van der Waals surface area contributed by atoms with E-state index in [0.717, 1.165) is 34.1 Å². The van der Waals surface area contributed by atoms with Crippen LogP contribution >= 0.6 is 0 Å². The van der Waals surface area contributed by atoms with Crippen molar-refractivity contribution in [1.29, 1.82) is 0 Å². The monoisotopic (exact) mass is 639 g/mol. The Bertz CT molecular complexity index is 2250. The van der Waals surface area contributed by atoms with Gasteiger partial charge in [0, 0.05) is 27.9 Å². The number of nitrogen functional groups attached to an aromatic ring is 1. The van der Waals surface area contributed by atoms with Crippen LogP contribution in [-0.4, -0.2) is 4.57 Å². The predicted octanol–water partition coefficient (Wildman–Crippen LogP) is 12.6. The van der Waals surface area contributed by atoms with E-state index in [1.165, 1.54) is 38.8 Å². The van der Waals surface area contributed by atoms with Gasteiger partial charge < -0.3 is 5.73 Å². The SMILES string of the molecule is CC(C)(C)c1ccc(N(c2cccc(N)c2)c2cc3ccc(C(C)(C)C)cc3n2-c2ccccc2-c2ccccc2)c(-c2ccccc2)c1. The van der Waals surface area contributed by atoms with Gasteiger partial charge in [-0.3, -0.25) is 9.47 Å². The summed E-state index contributed by atoms with van der Waals surface area (Å²) >= 11 is 0. The third kappa shape index (κ3) is 6.25. The lowest BCUT2D eigenvalue weighted by atomic mass is 9.84. The van der Waals surface area contributed by atoms with Gasteiger partial charge in [0.25, 0.3) is 0 Å². The normalized spacial score (nSPS) is 12.0.